The highest BCUT2D eigenvalue weighted by atomic mass is 127. The zero-order valence-corrected chi connectivity index (χ0v) is 22.9. The fourth-order valence-corrected chi connectivity index (χ4v) is 5.06. The van der Waals surface area contributed by atoms with Crippen molar-refractivity contribution in [3.8, 4) is 11.5 Å². The Balaban J connectivity index is 1.96. The Kier molecular flexibility index (Phi) is 10.6. The van der Waals surface area contributed by atoms with E-state index in [1.165, 1.54) is 7.11 Å². The number of nitrogens with zero attached hydrogens (tertiary/aromatic N) is 1. The van der Waals surface area contributed by atoms with Crippen LogP contribution in [0.5, 0.6) is 11.5 Å². The molecule has 1 saturated carbocycles. The molecule has 0 bridgehead atoms. The highest BCUT2D eigenvalue weighted by Crippen LogP contribution is 2.38. The van der Waals surface area contributed by atoms with Crippen molar-refractivity contribution in [3.05, 3.63) is 32.9 Å². The lowest BCUT2D eigenvalue weighted by atomic mass is 9.87. The number of aldehydes is 1. The number of unbranched alkanes of at least 4 members (excludes halogenated alkanes) is 1. The number of methoxy groups -OCH3 is 1. The van der Waals surface area contributed by atoms with Gasteiger partial charge < -0.3 is 29.9 Å². The average Bonchev–Trinajstić information content (AvgIpc) is 3.70. The first-order chi connectivity index (χ1) is 17.3. The van der Waals surface area contributed by atoms with Crippen molar-refractivity contribution in [1.29, 1.82) is 0 Å². The Morgan fingerprint density at radius 3 is 2.67 bits per heavy atom. The van der Waals surface area contributed by atoms with Crippen molar-refractivity contribution in [2.45, 2.75) is 63.7 Å². The lowest BCUT2D eigenvalue weighted by molar-refractivity contribution is -0.139. The predicted octanol–water partition coefficient (Wildman–Crippen LogP) is 2.46. The summed E-state index contributed by atoms with van der Waals surface area (Å²) in [5.74, 6) is 0.653. The summed E-state index contributed by atoms with van der Waals surface area (Å²) in [7, 11) is 1.46. The van der Waals surface area contributed by atoms with E-state index in [2.05, 4.69) is 5.32 Å². The van der Waals surface area contributed by atoms with Crippen LogP contribution in [-0.4, -0.2) is 78.3 Å². The number of hydrogen-bond acceptors (Lipinski definition) is 7. The second kappa shape index (κ2) is 13.4. The Morgan fingerprint density at radius 1 is 1.31 bits per heavy atom. The Labute approximate surface area is 225 Å². The summed E-state index contributed by atoms with van der Waals surface area (Å²) in [4.78, 5) is 39.1. The molecule has 9 nitrogen and oxygen atoms in total. The van der Waals surface area contributed by atoms with Crippen molar-refractivity contribution < 1.29 is 34.1 Å². The van der Waals surface area contributed by atoms with Crippen LogP contribution in [0.2, 0.25) is 0 Å². The third-order valence-corrected chi connectivity index (χ3v) is 7.27. The largest absolute Gasteiger partial charge is 0.493 e. The molecule has 3 N–H and O–H groups in total. The van der Waals surface area contributed by atoms with Crippen LogP contribution in [0.15, 0.2) is 23.8 Å². The standard InChI is InChI=1S/C26H35IN2O7/c1-3-4-5-23(32)29(14-16-6-7-16)20-12-18(26(34)28-8-9-30)13-21(24(20)33)36-25-19(27)10-17(15-31)11-22(25)35-2/h10-11,13,15-16,20-21,24,30,33H,3-9,12,14H2,1-2H3,(H,28,34). The molecule has 1 aromatic rings. The minimum absolute atomic E-state index is 0.0361. The van der Waals surface area contributed by atoms with E-state index in [0.29, 0.717) is 51.4 Å². The first kappa shape index (κ1) is 28.4. The van der Waals surface area contributed by atoms with Gasteiger partial charge in [-0.15, -0.1) is 0 Å². The number of carbonyl (C=O) groups excluding carboxylic acids is 3. The molecule has 3 atom stereocenters. The van der Waals surface area contributed by atoms with Crippen molar-refractivity contribution in [2.24, 2.45) is 5.92 Å². The molecule has 198 valence electrons. The lowest BCUT2D eigenvalue weighted by Crippen LogP contribution is -2.55. The Morgan fingerprint density at radius 2 is 2.06 bits per heavy atom. The van der Waals surface area contributed by atoms with Gasteiger partial charge in [-0.1, -0.05) is 13.3 Å². The van der Waals surface area contributed by atoms with Crippen LogP contribution in [-0.2, 0) is 9.59 Å². The summed E-state index contributed by atoms with van der Waals surface area (Å²) in [6.45, 7) is 2.45. The molecule has 10 heteroatoms. The average molecular weight is 614 g/mol. The van der Waals surface area contributed by atoms with Gasteiger partial charge in [0.15, 0.2) is 11.5 Å². The third kappa shape index (κ3) is 7.19. The third-order valence-electron chi connectivity index (χ3n) is 6.47. The van der Waals surface area contributed by atoms with E-state index < -0.39 is 18.2 Å². The van der Waals surface area contributed by atoms with Crippen LogP contribution in [0.25, 0.3) is 0 Å². The van der Waals surface area contributed by atoms with Gasteiger partial charge in [-0.2, -0.15) is 0 Å². The second-order valence-corrected chi connectivity index (χ2v) is 10.4. The predicted molar refractivity (Wildman–Crippen MR) is 142 cm³/mol. The van der Waals surface area contributed by atoms with Gasteiger partial charge in [0.2, 0.25) is 11.8 Å². The summed E-state index contributed by atoms with van der Waals surface area (Å²) in [6.07, 6.45) is 4.53. The smallest absolute Gasteiger partial charge is 0.247 e. The monoisotopic (exact) mass is 614 g/mol. The van der Waals surface area contributed by atoms with E-state index in [9.17, 15) is 19.5 Å². The molecule has 2 aliphatic rings. The van der Waals surface area contributed by atoms with Crippen LogP contribution in [0.1, 0.15) is 55.8 Å². The molecule has 0 radical (unpaired) electrons. The van der Waals surface area contributed by atoms with Crippen molar-refractivity contribution in [3.63, 3.8) is 0 Å². The van der Waals surface area contributed by atoms with E-state index in [-0.39, 0.29) is 31.4 Å². The zero-order valence-electron chi connectivity index (χ0n) is 20.7. The van der Waals surface area contributed by atoms with E-state index in [1.807, 2.05) is 29.5 Å². The summed E-state index contributed by atoms with van der Waals surface area (Å²) < 4.78 is 12.3. The minimum atomic E-state index is -1.09. The van der Waals surface area contributed by atoms with Crippen molar-refractivity contribution in [1.82, 2.24) is 10.2 Å². The van der Waals surface area contributed by atoms with E-state index in [0.717, 1.165) is 25.7 Å². The molecular weight excluding hydrogens is 579 g/mol. The van der Waals surface area contributed by atoms with Crippen LogP contribution < -0.4 is 14.8 Å². The maximum Gasteiger partial charge on any atom is 0.247 e. The van der Waals surface area contributed by atoms with Crippen molar-refractivity contribution >= 4 is 40.7 Å². The lowest BCUT2D eigenvalue weighted by Gasteiger charge is -2.41. The van der Waals surface area contributed by atoms with Gasteiger partial charge in [0.05, 0.1) is 23.3 Å². The molecule has 3 unspecified atom stereocenters. The molecule has 3 rings (SSSR count). The van der Waals surface area contributed by atoms with Gasteiger partial charge in [0, 0.05) is 37.1 Å². The number of benzene rings is 1. The van der Waals surface area contributed by atoms with Crippen LogP contribution >= 0.6 is 22.6 Å². The molecule has 0 aliphatic heterocycles. The normalized spacial score (nSPS) is 21.4. The van der Waals surface area contributed by atoms with Crippen molar-refractivity contribution in [2.75, 3.05) is 26.8 Å². The van der Waals surface area contributed by atoms with Gasteiger partial charge in [-0.3, -0.25) is 14.4 Å². The van der Waals surface area contributed by atoms with Crippen LogP contribution in [0.3, 0.4) is 0 Å². The van der Waals surface area contributed by atoms with Gasteiger partial charge in [-0.25, -0.2) is 0 Å². The van der Waals surface area contributed by atoms with Crippen LogP contribution in [0, 0.1) is 9.49 Å². The fourth-order valence-electron chi connectivity index (χ4n) is 4.31. The number of aliphatic hydroxyl groups is 2. The summed E-state index contributed by atoms with van der Waals surface area (Å²) >= 11 is 2.03. The number of carbonyl (C=O) groups is 3. The number of halogens is 1. The topological polar surface area (TPSA) is 125 Å². The summed E-state index contributed by atoms with van der Waals surface area (Å²) in [6, 6.07) is 2.55. The second-order valence-electron chi connectivity index (χ2n) is 9.26. The van der Waals surface area contributed by atoms with Gasteiger partial charge in [0.1, 0.15) is 18.5 Å². The summed E-state index contributed by atoms with van der Waals surface area (Å²) in [5, 5.41) is 23.3. The number of aliphatic hydroxyl groups excluding tert-OH is 2. The number of nitrogens with one attached hydrogen (secondary N) is 1. The molecule has 36 heavy (non-hydrogen) atoms. The number of amides is 2. The van der Waals surface area contributed by atoms with Crippen LogP contribution in [0.4, 0.5) is 0 Å². The van der Waals surface area contributed by atoms with Gasteiger partial charge >= 0.3 is 0 Å². The van der Waals surface area contributed by atoms with Gasteiger partial charge in [-0.05, 0) is 66.0 Å². The molecule has 1 aromatic carbocycles. The first-order valence-corrected chi connectivity index (χ1v) is 13.5. The molecule has 0 aromatic heterocycles. The Bertz CT molecular complexity index is 979. The first-order valence-electron chi connectivity index (χ1n) is 12.4. The highest BCUT2D eigenvalue weighted by molar-refractivity contribution is 14.1. The molecule has 0 spiro atoms. The molecule has 1 fully saturated rings. The maximum absolute atomic E-state index is 13.2. The summed E-state index contributed by atoms with van der Waals surface area (Å²) in [5.41, 5.74) is 0.800. The number of hydrogen-bond donors (Lipinski definition) is 3. The number of rotatable bonds is 13. The number of ether oxygens (including phenoxy) is 2. The zero-order chi connectivity index (χ0) is 26.2. The molecule has 2 amide bonds. The Hall–Kier alpha value is -2.18. The quantitative estimate of drug-likeness (QED) is 0.230. The maximum atomic E-state index is 13.2. The van der Waals surface area contributed by atoms with E-state index >= 15 is 0 Å². The molecule has 2 aliphatic carbocycles. The van der Waals surface area contributed by atoms with Gasteiger partial charge in [0.25, 0.3) is 0 Å². The van der Waals surface area contributed by atoms with E-state index in [4.69, 9.17) is 14.6 Å². The highest BCUT2D eigenvalue weighted by Gasteiger charge is 2.42. The fraction of sp³-hybridized carbons (Fsp3) is 0.577. The SMILES string of the molecule is CCCCC(=O)N(CC1CC1)C1CC(C(=O)NCCO)=CC(Oc2c(I)cc(C=O)cc2OC)C1O. The molecule has 0 heterocycles. The van der Waals surface area contributed by atoms with E-state index in [1.54, 1.807) is 23.1 Å². The molecule has 0 saturated heterocycles. The molecular formula is C26H35IN2O7. The minimum Gasteiger partial charge on any atom is -0.493 e.